The number of fused-ring (bicyclic) bond motifs is 1. The molecule has 3 rings (SSSR count). The minimum atomic E-state index is -1.60. The van der Waals surface area contributed by atoms with E-state index >= 15 is 4.79 Å². The quantitative estimate of drug-likeness (QED) is 0.0136. The predicted octanol–water partition coefficient (Wildman–Crippen LogP) is 9.99. The molecule has 0 radical (unpaired) electrons. The number of Topliss-reactive ketones (excluding diaryl/α,β-unsaturated/α-hetero) is 1. The van der Waals surface area contributed by atoms with E-state index in [-0.39, 0.29) is 90.8 Å². The lowest BCUT2D eigenvalue weighted by atomic mass is 9.75. The molecular formula is C59H87NO20Si. The molecule has 21 nitrogen and oxygen atoms in total. The van der Waals surface area contributed by atoms with Gasteiger partial charge in [0.05, 0.1) is 42.6 Å². The van der Waals surface area contributed by atoms with E-state index in [9.17, 15) is 24.0 Å². The maximum atomic E-state index is 15.8. The number of nitrogens with one attached hydrogen (secondary N) is 1. The number of ketones is 1. The van der Waals surface area contributed by atoms with Gasteiger partial charge in [-0.25, -0.2) is 9.59 Å². The zero-order chi connectivity index (χ0) is 61.1. The fourth-order valence-corrected chi connectivity index (χ4v) is 10.4. The molecule has 0 spiro atoms. The molecule has 2 aromatic rings. The van der Waals surface area contributed by atoms with Crippen molar-refractivity contribution in [2.24, 2.45) is 29.6 Å². The van der Waals surface area contributed by atoms with Crippen molar-refractivity contribution in [1.29, 1.82) is 0 Å². The third-order valence-corrected chi connectivity index (χ3v) is 15.1. The van der Waals surface area contributed by atoms with E-state index in [1.807, 2.05) is 6.92 Å². The normalized spacial score (nSPS) is 18.5. The molecule has 0 saturated carbocycles. The largest absolute Gasteiger partial charge is 0.488 e. The molecule has 81 heavy (non-hydrogen) atoms. The van der Waals surface area contributed by atoms with Crippen LogP contribution in [0.5, 0.6) is 23.0 Å². The van der Waals surface area contributed by atoms with Gasteiger partial charge in [-0.05, 0) is 46.2 Å². The Kier molecular flexibility index (Phi) is 27.1. The molecule has 9 atom stereocenters. The van der Waals surface area contributed by atoms with E-state index in [4.69, 9.17) is 66.3 Å². The standard InChI is InChI=1S/C59H87NO20Si/c1-21-25-71-53-39(9)52(75-31-68-15)44(43-45(53)56(76-32-69-16)47(36(6)51(43)74-30-67-14)60-58(66)73-27-28-81(18,19)20)48(64)34(4)29-35(5)49(77-40(10)61)37(7)54(78-41(11)62)46(57(65)72-26-22-2)55-38(8)50(79-59(12,13)80-55)33(3)23-24-42(63)70-17/h21-24,29,33,35,37-38,46,49-50,54-55H,1-2,25-28,30-32H2,3-20H3,(H,60,66)/b24-23-,34-29+/t33-,35+,37-,38-,46+,49+,50-,54-,55-/m1/s1. The molecule has 1 amide bonds. The van der Waals surface area contributed by atoms with Gasteiger partial charge in [-0.3, -0.25) is 24.5 Å². The van der Waals surface area contributed by atoms with E-state index < -0.39 is 104 Å². The maximum absolute atomic E-state index is 15.8. The monoisotopic (exact) mass is 1160 g/mol. The highest BCUT2D eigenvalue weighted by Crippen LogP contribution is 2.54. The smallest absolute Gasteiger partial charge is 0.411 e. The molecule has 0 unspecified atom stereocenters. The SMILES string of the molecule is C=CCOC(=O)[C@@H]([C@H](OC(C)=O)[C@H](C)[C@@H](OC(C)=O)[C@@H](C)/C=C(\C)C(=O)c1c(OCOC)c(C)c(OCC=C)c2c(OCOC)c(NC(=O)OCC[Si](C)(C)C)c(C)c(OCOC)c12)[C@@H]1OC(C)(C)O[C@H]([C@H](C)/C=C\C(=O)OC)[C@H]1C. The molecule has 1 heterocycles. The van der Waals surface area contributed by atoms with E-state index in [1.54, 1.807) is 67.5 Å². The Labute approximate surface area is 478 Å². The summed E-state index contributed by atoms with van der Waals surface area (Å²) in [5.74, 6) is -8.88. The molecule has 2 aromatic carbocycles. The van der Waals surface area contributed by atoms with Crippen LogP contribution in [0.1, 0.15) is 83.8 Å². The number of allylic oxidation sites excluding steroid dienone is 1. The van der Waals surface area contributed by atoms with Gasteiger partial charge in [-0.15, -0.1) is 0 Å². The number of anilines is 1. The third-order valence-electron chi connectivity index (χ3n) is 13.4. The first-order chi connectivity index (χ1) is 38.1. The Morgan fingerprint density at radius 3 is 1.80 bits per heavy atom. The van der Waals surface area contributed by atoms with Crippen LogP contribution in [0, 0.1) is 43.4 Å². The summed E-state index contributed by atoms with van der Waals surface area (Å²) in [7, 11) is 3.91. The highest BCUT2D eigenvalue weighted by atomic mass is 28.3. The summed E-state index contributed by atoms with van der Waals surface area (Å²) < 4.78 is 83.1. The number of hydrogen-bond donors (Lipinski definition) is 1. The Morgan fingerprint density at radius 1 is 0.716 bits per heavy atom. The van der Waals surface area contributed by atoms with Crippen LogP contribution in [-0.4, -0.2) is 143 Å². The summed E-state index contributed by atoms with van der Waals surface area (Å²) in [6.45, 7) is 30.6. The average molecular weight is 1160 g/mol. The summed E-state index contributed by atoms with van der Waals surface area (Å²) in [6, 6.07) is 0.702. The first kappa shape index (κ1) is 69.0. The van der Waals surface area contributed by atoms with Crippen LogP contribution in [0.25, 0.3) is 10.8 Å². The second-order valence-corrected chi connectivity index (χ2v) is 27.2. The highest BCUT2D eigenvalue weighted by molar-refractivity contribution is 6.76. The lowest BCUT2D eigenvalue weighted by molar-refractivity contribution is -0.336. The number of rotatable bonds is 32. The van der Waals surface area contributed by atoms with Gasteiger partial charge in [-0.1, -0.05) is 84.8 Å². The number of ether oxygens (including phenoxy) is 14. The second-order valence-electron chi connectivity index (χ2n) is 21.5. The van der Waals surface area contributed by atoms with Gasteiger partial charge < -0.3 is 66.3 Å². The molecule has 22 heteroatoms. The molecule has 1 fully saturated rings. The van der Waals surface area contributed by atoms with Crippen molar-refractivity contribution >= 4 is 60.3 Å². The van der Waals surface area contributed by atoms with Gasteiger partial charge in [0.2, 0.25) is 0 Å². The van der Waals surface area contributed by atoms with Crippen molar-refractivity contribution in [3.63, 3.8) is 0 Å². The fraction of sp³-hybridized carbons (Fsp3) is 0.593. The van der Waals surface area contributed by atoms with Crippen LogP contribution in [0.2, 0.25) is 25.7 Å². The number of carbonyl (C=O) groups is 6. The number of esters is 4. The molecule has 0 bridgehead atoms. The van der Waals surface area contributed by atoms with Crippen molar-refractivity contribution in [2.75, 3.05) is 74.0 Å². The number of carbonyl (C=O) groups excluding carboxylic acids is 6. The minimum Gasteiger partial charge on any atom is -0.488 e. The van der Waals surface area contributed by atoms with Crippen molar-refractivity contribution in [3.8, 4) is 23.0 Å². The Hall–Kier alpha value is -6.30. The number of benzene rings is 2. The molecule has 0 aromatic heterocycles. The molecule has 1 N–H and O–H groups in total. The fourth-order valence-electron chi connectivity index (χ4n) is 9.71. The maximum Gasteiger partial charge on any atom is 0.411 e. The van der Waals surface area contributed by atoms with Gasteiger partial charge >= 0.3 is 30.0 Å². The minimum absolute atomic E-state index is 0.0287. The molecule has 452 valence electrons. The first-order valence-corrected chi connectivity index (χ1v) is 30.4. The molecule has 1 saturated heterocycles. The van der Waals surface area contributed by atoms with Crippen LogP contribution < -0.4 is 24.3 Å². The topological polar surface area (TPSA) is 244 Å². The van der Waals surface area contributed by atoms with Gasteiger partial charge in [0.1, 0.15) is 48.6 Å². The van der Waals surface area contributed by atoms with Gasteiger partial charge in [-0.2, -0.15) is 0 Å². The van der Waals surface area contributed by atoms with E-state index in [1.165, 1.54) is 60.5 Å². The Balaban J connectivity index is 2.48. The van der Waals surface area contributed by atoms with Crippen LogP contribution in [-0.2, 0) is 66.5 Å². The molecule has 1 aliphatic rings. The van der Waals surface area contributed by atoms with E-state index in [2.05, 4.69) is 38.1 Å². The number of hydrogen-bond acceptors (Lipinski definition) is 20. The number of methoxy groups -OCH3 is 4. The van der Waals surface area contributed by atoms with Crippen molar-refractivity contribution < 1.29 is 95.1 Å². The van der Waals surface area contributed by atoms with Crippen LogP contribution in [0.15, 0.2) is 49.1 Å². The van der Waals surface area contributed by atoms with Gasteiger partial charge in [0.15, 0.2) is 37.7 Å². The lowest BCUT2D eigenvalue weighted by Crippen LogP contribution is -2.59. The molecule has 1 aliphatic heterocycles. The van der Waals surface area contributed by atoms with Crippen molar-refractivity contribution in [1.82, 2.24) is 0 Å². The summed E-state index contributed by atoms with van der Waals surface area (Å²) in [6.07, 6.45) is 2.28. The lowest BCUT2D eigenvalue weighted by Gasteiger charge is -2.50. The van der Waals surface area contributed by atoms with Crippen LogP contribution >= 0.6 is 0 Å². The van der Waals surface area contributed by atoms with Gasteiger partial charge in [0.25, 0.3) is 0 Å². The summed E-state index contributed by atoms with van der Waals surface area (Å²) in [4.78, 5) is 82.7. The summed E-state index contributed by atoms with van der Waals surface area (Å²) in [5.41, 5.74) is 0.771. The second kappa shape index (κ2) is 31.8. The zero-order valence-electron chi connectivity index (χ0n) is 50.6. The molecule has 0 aliphatic carbocycles. The summed E-state index contributed by atoms with van der Waals surface area (Å²) in [5, 5.41) is 3.14. The third kappa shape index (κ3) is 18.9. The van der Waals surface area contributed by atoms with E-state index in [0.717, 1.165) is 0 Å². The van der Waals surface area contributed by atoms with Crippen LogP contribution in [0.4, 0.5) is 10.5 Å². The highest BCUT2D eigenvalue weighted by Gasteiger charge is 2.54. The van der Waals surface area contributed by atoms with Crippen molar-refractivity contribution in [2.45, 2.75) is 132 Å². The molecular weight excluding hydrogens is 1070 g/mol. The Morgan fingerprint density at radius 2 is 1.26 bits per heavy atom. The zero-order valence-corrected chi connectivity index (χ0v) is 51.6. The van der Waals surface area contributed by atoms with E-state index in [0.29, 0.717) is 17.2 Å². The average Bonchev–Trinajstić information content (AvgIpc) is 3.39. The predicted molar refractivity (Wildman–Crippen MR) is 305 cm³/mol. The Bertz CT molecular complexity index is 2600. The van der Waals surface area contributed by atoms with Gasteiger partial charge in [0, 0.05) is 89.5 Å². The van der Waals surface area contributed by atoms with Crippen molar-refractivity contribution in [3.05, 3.63) is 65.8 Å². The number of amides is 1. The van der Waals surface area contributed by atoms with Crippen LogP contribution in [0.3, 0.4) is 0 Å². The first-order valence-electron chi connectivity index (χ1n) is 26.7. The summed E-state index contributed by atoms with van der Waals surface area (Å²) >= 11 is 0.